The number of ether oxygens (including phenoxy) is 1. The molecule has 38 heavy (non-hydrogen) atoms. The summed E-state index contributed by atoms with van der Waals surface area (Å²) >= 11 is 0. The SMILES string of the molecule is C=CC(=C)\C=C(C)/C(/C=C\C)=C(\C)c1cnn(C(CC)(CC#N)CCCC2CCN(C(=O)OCC)CC2)c1. The summed E-state index contributed by atoms with van der Waals surface area (Å²) in [6.45, 7) is 20.0. The fraction of sp³-hybridized carbons (Fsp3) is 0.531. The van der Waals surface area contributed by atoms with Gasteiger partial charge in [0.25, 0.3) is 0 Å². The minimum absolute atomic E-state index is 0.197. The summed E-state index contributed by atoms with van der Waals surface area (Å²) in [5, 5.41) is 14.5. The summed E-state index contributed by atoms with van der Waals surface area (Å²) < 4.78 is 7.18. The van der Waals surface area contributed by atoms with Crippen molar-refractivity contribution in [1.82, 2.24) is 14.7 Å². The van der Waals surface area contributed by atoms with E-state index < -0.39 is 0 Å². The molecule has 1 aromatic rings. The van der Waals surface area contributed by atoms with Gasteiger partial charge < -0.3 is 9.64 Å². The van der Waals surface area contributed by atoms with E-state index in [0.717, 1.165) is 79.5 Å². The van der Waals surface area contributed by atoms with Crippen LogP contribution in [0.15, 0.2) is 66.6 Å². The maximum absolute atomic E-state index is 12.0. The van der Waals surface area contributed by atoms with E-state index in [2.05, 4.69) is 52.3 Å². The molecule has 6 nitrogen and oxygen atoms in total. The molecule has 0 N–H and O–H groups in total. The standard InChI is InChI=1S/C32H46N4O2/c1-8-13-30(26(6)22-25(5)9-2)27(7)29-23-34-36(24-29)32(10-3,18-19-33)17-12-14-28-15-20-35(21-16-28)31(37)38-11-4/h8-9,13,22-24,28H,2,5,10-12,14-18,20-21H2,1,3-4,6-7H3/b13-8-,26-22-,30-27+. The molecule has 1 aromatic heterocycles. The van der Waals surface area contributed by atoms with Crippen molar-refractivity contribution in [1.29, 1.82) is 5.26 Å². The molecule has 0 spiro atoms. The van der Waals surface area contributed by atoms with Gasteiger partial charge in [-0.15, -0.1) is 0 Å². The van der Waals surface area contributed by atoms with Gasteiger partial charge in [0.1, 0.15) is 0 Å². The van der Waals surface area contributed by atoms with Gasteiger partial charge in [0.05, 0.1) is 30.8 Å². The average molecular weight is 519 g/mol. The number of aromatic nitrogens is 2. The Hall–Kier alpha value is -3.33. The number of carbonyl (C=O) groups excluding carboxylic acids is 1. The summed E-state index contributed by atoms with van der Waals surface area (Å²) in [6, 6.07) is 2.43. The average Bonchev–Trinajstić information content (AvgIpc) is 3.42. The summed E-state index contributed by atoms with van der Waals surface area (Å²) in [4.78, 5) is 13.8. The maximum atomic E-state index is 12.0. The second kappa shape index (κ2) is 15.2. The third kappa shape index (κ3) is 8.08. The molecule has 0 aromatic carbocycles. The van der Waals surface area contributed by atoms with Crippen LogP contribution in [0.4, 0.5) is 4.79 Å². The van der Waals surface area contributed by atoms with Gasteiger partial charge in [-0.3, -0.25) is 4.68 Å². The summed E-state index contributed by atoms with van der Waals surface area (Å²) in [7, 11) is 0. The Morgan fingerprint density at radius 3 is 2.61 bits per heavy atom. The molecule has 0 radical (unpaired) electrons. The Bertz CT molecular complexity index is 1090. The Labute approximate surface area is 230 Å². The molecule has 1 aliphatic rings. The Balaban J connectivity index is 2.18. The van der Waals surface area contributed by atoms with Crippen LogP contribution in [0.5, 0.6) is 0 Å². The van der Waals surface area contributed by atoms with Gasteiger partial charge in [-0.1, -0.05) is 57.2 Å². The quantitative estimate of drug-likeness (QED) is 0.248. The number of nitriles is 1. The zero-order chi connectivity index (χ0) is 28.1. The van der Waals surface area contributed by atoms with Crippen LogP contribution >= 0.6 is 0 Å². The first-order chi connectivity index (χ1) is 18.2. The second-order valence-corrected chi connectivity index (χ2v) is 10.3. The van der Waals surface area contributed by atoms with E-state index in [4.69, 9.17) is 9.84 Å². The first-order valence-electron chi connectivity index (χ1n) is 13.9. The fourth-order valence-corrected chi connectivity index (χ4v) is 5.30. The number of allylic oxidation sites excluding steroid dienone is 8. The number of amides is 1. The lowest BCUT2D eigenvalue weighted by atomic mass is 9.83. The minimum Gasteiger partial charge on any atom is -0.450 e. The highest BCUT2D eigenvalue weighted by Crippen LogP contribution is 2.34. The van der Waals surface area contributed by atoms with Gasteiger partial charge in [0.15, 0.2) is 0 Å². The van der Waals surface area contributed by atoms with Gasteiger partial charge in [0, 0.05) is 24.8 Å². The molecule has 0 saturated carbocycles. The zero-order valence-electron chi connectivity index (χ0n) is 24.1. The number of hydrogen-bond donors (Lipinski definition) is 0. The highest BCUT2D eigenvalue weighted by Gasteiger charge is 2.32. The maximum Gasteiger partial charge on any atom is 0.409 e. The van der Waals surface area contributed by atoms with Crippen molar-refractivity contribution < 1.29 is 9.53 Å². The number of carbonyl (C=O) groups is 1. The number of hydrogen-bond acceptors (Lipinski definition) is 4. The predicted octanol–water partition coefficient (Wildman–Crippen LogP) is 7.98. The topological polar surface area (TPSA) is 71.2 Å². The molecule has 1 unspecified atom stereocenters. The second-order valence-electron chi connectivity index (χ2n) is 10.3. The number of piperidine rings is 1. The monoisotopic (exact) mass is 518 g/mol. The number of nitrogens with zero attached hydrogens (tertiary/aromatic N) is 4. The third-order valence-electron chi connectivity index (χ3n) is 7.79. The Kier molecular flexibility index (Phi) is 12.3. The molecule has 2 heterocycles. The smallest absolute Gasteiger partial charge is 0.409 e. The summed E-state index contributed by atoms with van der Waals surface area (Å²) in [6.07, 6.45) is 18.1. The molecule has 0 bridgehead atoms. The highest BCUT2D eigenvalue weighted by atomic mass is 16.6. The predicted molar refractivity (Wildman–Crippen MR) is 156 cm³/mol. The van der Waals surface area contributed by atoms with Crippen molar-refractivity contribution in [3.8, 4) is 6.07 Å². The molecule has 1 saturated heterocycles. The van der Waals surface area contributed by atoms with E-state index in [1.165, 1.54) is 0 Å². The molecule has 1 amide bonds. The van der Waals surface area contributed by atoms with Crippen molar-refractivity contribution in [2.75, 3.05) is 19.7 Å². The number of rotatable bonds is 13. The van der Waals surface area contributed by atoms with Crippen molar-refractivity contribution in [2.45, 2.75) is 85.1 Å². The lowest BCUT2D eigenvalue weighted by Gasteiger charge is -2.34. The van der Waals surface area contributed by atoms with Crippen molar-refractivity contribution in [3.63, 3.8) is 0 Å². The Morgan fingerprint density at radius 1 is 1.32 bits per heavy atom. The van der Waals surface area contributed by atoms with Crippen LogP contribution in [0, 0.1) is 17.2 Å². The summed E-state index contributed by atoms with van der Waals surface area (Å²) in [5.41, 5.74) is 4.98. The first-order valence-corrected chi connectivity index (χ1v) is 13.9. The molecule has 6 heteroatoms. The molecule has 2 rings (SSSR count). The fourth-order valence-electron chi connectivity index (χ4n) is 5.30. The van der Waals surface area contributed by atoms with Crippen LogP contribution in [0.3, 0.4) is 0 Å². The van der Waals surface area contributed by atoms with Crippen molar-refractivity contribution >= 4 is 11.7 Å². The van der Waals surface area contributed by atoms with Crippen LogP contribution < -0.4 is 0 Å². The van der Waals surface area contributed by atoms with Gasteiger partial charge in [-0.05, 0) is 81.6 Å². The first kappa shape index (κ1) is 30.9. The molecule has 1 atom stereocenters. The lowest BCUT2D eigenvalue weighted by Crippen LogP contribution is -2.39. The van der Waals surface area contributed by atoms with Crippen molar-refractivity contribution in [2.24, 2.45) is 5.92 Å². The van der Waals surface area contributed by atoms with Gasteiger partial charge in [-0.2, -0.15) is 10.4 Å². The lowest BCUT2D eigenvalue weighted by molar-refractivity contribution is 0.0900. The normalized spacial score (nSPS) is 17.1. The van der Waals surface area contributed by atoms with E-state index >= 15 is 0 Å². The van der Waals surface area contributed by atoms with Crippen LogP contribution in [0.25, 0.3) is 5.57 Å². The molecule has 0 aliphatic carbocycles. The summed E-state index contributed by atoms with van der Waals surface area (Å²) in [5.74, 6) is 0.596. The largest absolute Gasteiger partial charge is 0.450 e. The highest BCUT2D eigenvalue weighted by molar-refractivity contribution is 5.73. The van der Waals surface area contributed by atoms with E-state index in [1.54, 1.807) is 6.08 Å². The van der Waals surface area contributed by atoms with Gasteiger partial charge >= 0.3 is 6.09 Å². The van der Waals surface area contributed by atoms with Crippen LogP contribution in [0.1, 0.15) is 85.1 Å². The minimum atomic E-state index is -0.332. The zero-order valence-corrected chi connectivity index (χ0v) is 24.1. The van der Waals surface area contributed by atoms with Gasteiger partial charge in [0.2, 0.25) is 0 Å². The van der Waals surface area contributed by atoms with Crippen LogP contribution in [-0.2, 0) is 10.3 Å². The van der Waals surface area contributed by atoms with E-state index in [0.29, 0.717) is 18.9 Å². The number of likely N-dealkylation sites (tertiary alicyclic amines) is 1. The molecule has 1 aliphatic heterocycles. The third-order valence-corrected chi connectivity index (χ3v) is 7.79. The van der Waals surface area contributed by atoms with Gasteiger partial charge in [-0.25, -0.2) is 4.79 Å². The molecular formula is C32H46N4O2. The van der Waals surface area contributed by atoms with E-state index in [9.17, 15) is 10.1 Å². The molecular weight excluding hydrogens is 472 g/mol. The van der Waals surface area contributed by atoms with Crippen LogP contribution in [-0.4, -0.2) is 40.5 Å². The van der Waals surface area contributed by atoms with E-state index in [1.807, 2.05) is 41.8 Å². The van der Waals surface area contributed by atoms with Crippen molar-refractivity contribution in [3.05, 3.63) is 72.1 Å². The Morgan fingerprint density at radius 2 is 2.03 bits per heavy atom. The molecule has 1 fully saturated rings. The molecule has 206 valence electrons. The van der Waals surface area contributed by atoms with Crippen LogP contribution in [0.2, 0.25) is 0 Å². The van der Waals surface area contributed by atoms with E-state index in [-0.39, 0.29) is 11.6 Å².